The Labute approximate surface area is 250 Å². The Bertz CT molecular complexity index is 1350. The number of amides is 2. The van der Waals surface area contributed by atoms with Crippen LogP contribution < -0.4 is 22.1 Å². The van der Waals surface area contributed by atoms with Gasteiger partial charge in [-0.05, 0) is 48.2 Å². The summed E-state index contributed by atoms with van der Waals surface area (Å²) in [6, 6.07) is 24.6. The number of aliphatic imine (C=N–C) groups is 1. The molecule has 4 rings (SSSR count). The van der Waals surface area contributed by atoms with E-state index >= 15 is 0 Å². The van der Waals surface area contributed by atoms with Crippen LogP contribution in [0.3, 0.4) is 0 Å². The molecule has 214 valence electrons. The summed E-state index contributed by atoms with van der Waals surface area (Å²) in [5, 5.41) is 6.97. The highest BCUT2D eigenvalue weighted by Gasteiger charge is 2.29. The fourth-order valence-corrected chi connectivity index (χ4v) is 5.17. The van der Waals surface area contributed by atoms with E-state index in [-0.39, 0.29) is 35.8 Å². The van der Waals surface area contributed by atoms with E-state index in [9.17, 15) is 9.59 Å². The van der Waals surface area contributed by atoms with Crippen molar-refractivity contribution in [2.75, 3.05) is 26.2 Å². The van der Waals surface area contributed by atoms with Gasteiger partial charge in [0.05, 0.1) is 17.1 Å². The summed E-state index contributed by atoms with van der Waals surface area (Å²) < 4.78 is 0. The second-order valence-electron chi connectivity index (χ2n) is 9.80. The predicted octanol–water partition coefficient (Wildman–Crippen LogP) is 4.29. The van der Waals surface area contributed by atoms with Crippen molar-refractivity contribution in [3.63, 3.8) is 0 Å². The topological polar surface area (TPSA) is 126 Å². The normalized spacial score (nSPS) is 15.1. The fourth-order valence-electron chi connectivity index (χ4n) is 4.80. The van der Waals surface area contributed by atoms with Crippen LogP contribution in [0.25, 0.3) is 0 Å². The second-order valence-corrected chi connectivity index (χ2v) is 10.6. The summed E-state index contributed by atoms with van der Waals surface area (Å²) in [4.78, 5) is 32.7. The lowest BCUT2D eigenvalue weighted by Crippen LogP contribution is -2.46. The standard InChI is InChI=1S/C31H34Cl2N6O2/c32-23-13-14-27(33)25(18-23)29(40)37-19-24-15-17-39(30(41)28(38-24)12-7-16-36-31(34)35)20-26(21-8-3-1-4-9-21)22-10-5-2-6-11-22/h1-6,8-11,13-15,18,26,28,38H,7,12,16-17,19-20H2,(H,37,40)(H4,34,35,36)/t28-/m0/s1. The van der Waals surface area contributed by atoms with Crippen molar-refractivity contribution in [1.82, 2.24) is 15.5 Å². The minimum Gasteiger partial charge on any atom is -0.376 e. The van der Waals surface area contributed by atoms with Gasteiger partial charge >= 0.3 is 0 Å². The molecule has 0 unspecified atom stereocenters. The first-order valence-corrected chi connectivity index (χ1v) is 14.2. The molecule has 3 aromatic carbocycles. The van der Waals surface area contributed by atoms with E-state index < -0.39 is 6.04 Å². The number of hydrogen-bond donors (Lipinski definition) is 4. The average molecular weight is 594 g/mol. The number of hydrogen-bond acceptors (Lipinski definition) is 4. The van der Waals surface area contributed by atoms with Gasteiger partial charge < -0.3 is 27.0 Å². The molecule has 10 heteroatoms. The largest absolute Gasteiger partial charge is 0.376 e. The molecule has 0 saturated carbocycles. The van der Waals surface area contributed by atoms with Gasteiger partial charge in [0.2, 0.25) is 5.91 Å². The molecule has 41 heavy (non-hydrogen) atoms. The number of rotatable bonds is 11. The Morgan fingerprint density at radius 1 is 1.02 bits per heavy atom. The molecular formula is C31H34Cl2N6O2. The van der Waals surface area contributed by atoms with E-state index in [4.69, 9.17) is 34.7 Å². The van der Waals surface area contributed by atoms with Gasteiger partial charge in [0, 0.05) is 36.3 Å². The summed E-state index contributed by atoms with van der Waals surface area (Å²) in [5.74, 6) is -0.376. The Hall–Kier alpha value is -4.01. The first kappa shape index (κ1) is 30.0. The van der Waals surface area contributed by atoms with E-state index in [1.165, 1.54) is 6.07 Å². The summed E-state index contributed by atoms with van der Waals surface area (Å²) in [7, 11) is 0. The quantitative estimate of drug-likeness (QED) is 0.150. The Kier molecular flexibility index (Phi) is 10.6. The average Bonchev–Trinajstić information content (AvgIpc) is 3.12. The molecule has 1 heterocycles. The van der Waals surface area contributed by atoms with Crippen LogP contribution in [0.15, 0.2) is 95.6 Å². The number of carbonyl (C=O) groups excluding carboxylic acids is 2. The zero-order valence-corrected chi connectivity index (χ0v) is 24.1. The summed E-state index contributed by atoms with van der Waals surface area (Å²) in [6.07, 6.45) is 3.06. The van der Waals surface area contributed by atoms with Crippen molar-refractivity contribution in [2.45, 2.75) is 24.8 Å². The molecule has 8 nitrogen and oxygen atoms in total. The Morgan fingerprint density at radius 3 is 2.32 bits per heavy atom. The first-order valence-electron chi connectivity index (χ1n) is 13.4. The lowest BCUT2D eigenvalue weighted by Gasteiger charge is -2.29. The minimum absolute atomic E-state index is 0.0109. The third kappa shape index (κ3) is 8.49. The van der Waals surface area contributed by atoms with Gasteiger partial charge in [-0.3, -0.25) is 14.6 Å². The van der Waals surface area contributed by atoms with Crippen LogP contribution >= 0.6 is 23.2 Å². The van der Waals surface area contributed by atoms with Crippen molar-refractivity contribution in [2.24, 2.45) is 16.5 Å². The first-order chi connectivity index (χ1) is 19.8. The molecule has 0 radical (unpaired) electrons. The van der Waals surface area contributed by atoms with Crippen LogP contribution in [-0.2, 0) is 4.79 Å². The lowest BCUT2D eigenvalue weighted by atomic mass is 9.90. The third-order valence-corrected chi connectivity index (χ3v) is 7.46. The fraction of sp³-hybridized carbons (Fsp3) is 0.258. The SMILES string of the molecule is NC(N)=NCCC[C@@H]1NC(CNC(=O)c2cc(Cl)ccc2Cl)=CCN(CC(c2ccccc2)c2ccccc2)C1=O. The van der Waals surface area contributed by atoms with Crippen molar-refractivity contribution >= 4 is 41.0 Å². The smallest absolute Gasteiger partial charge is 0.253 e. The van der Waals surface area contributed by atoms with Gasteiger partial charge in [0.25, 0.3) is 5.91 Å². The monoisotopic (exact) mass is 592 g/mol. The van der Waals surface area contributed by atoms with E-state index in [0.717, 1.165) is 16.8 Å². The zero-order valence-electron chi connectivity index (χ0n) is 22.6. The molecule has 0 aromatic heterocycles. The van der Waals surface area contributed by atoms with Crippen molar-refractivity contribution in [3.05, 3.63) is 117 Å². The molecule has 0 fully saturated rings. The summed E-state index contributed by atoms with van der Waals surface area (Å²) in [5.41, 5.74) is 14.2. The summed E-state index contributed by atoms with van der Waals surface area (Å²) >= 11 is 12.3. The zero-order chi connectivity index (χ0) is 29.2. The molecule has 1 atom stereocenters. The van der Waals surface area contributed by atoms with E-state index in [2.05, 4.69) is 39.9 Å². The highest BCUT2D eigenvalue weighted by atomic mass is 35.5. The van der Waals surface area contributed by atoms with Crippen molar-refractivity contribution < 1.29 is 9.59 Å². The molecule has 0 bridgehead atoms. The molecule has 0 aliphatic carbocycles. The molecule has 2 amide bonds. The van der Waals surface area contributed by atoms with Gasteiger partial charge in [-0.2, -0.15) is 0 Å². The maximum absolute atomic E-state index is 13.9. The van der Waals surface area contributed by atoms with Crippen LogP contribution in [0.4, 0.5) is 0 Å². The minimum atomic E-state index is -0.517. The molecule has 3 aromatic rings. The van der Waals surface area contributed by atoms with E-state index in [0.29, 0.717) is 42.5 Å². The summed E-state index contributed by atoms with van der Waals surface area (Å²) in [6.45, 7) is 1.48. The third-order valence-electron chi connectivity index (χ3n) is 6.89. The predicted molar refractivity (Wildman–Crippen MR) is 165 cm³/mol. The second kappa shape index (κ2) is 14.6. The van der Waals surface area contributed by atoms with E-state index in [1.54, 1.807) is 12.1 Å². The Morgan fingerprint density at radius 2 is 1.68 bits per heavy atom. The maximum atomic E-state index is 13.9. The number of nitrogens with one attached hydrogen (secondary N) is 2. The maximum Gasteiger partial charge on any atom is 0.253 e. The Balaban J connectivity index is 1.55. The molecule has 1 aliphatic heterocycles. The number of guanidine groups is 1. The van der Waals surface area contributed by atoms with E-state index in [1.807, 2.05) is 47.4 Å². The van der Waals surface area contributed by atoms with Crippen molar-refractivity contribution in [1.29, 1.82) is 0 Å². The number of benzene rings is 3. The lowest BCUT2D eigenvalue weighted by molar-refractivity contribution is -0.132. The van der Waals surface area contributed by atoms with Crippen LogP contribution in [-0.4, -0.2) is 54.9 Å². The number of carbonyl (C=O) groups is 2. The highest BCUT2D eigenvalue weighted by molar-refractivity contribution is 6.35. The van der Waals surface area contributed by atoms with Gasteiger partial charge in [0.1, 0.15) is 6.04 Å². The molecule has 6 N–H and O–H groups in total. The van der Waals surface area contributed by atoms with Gasteiger partial charge in [-0.25, -0.2) is 0 Å². The van der Waals surface area contributed by atoms with Crippen molar-refractivity contribution in [3.8, 4) is 0 Å². The highest BCUT2D eigenvalue weighted by Crippen LogP contribution is 2.27. The molecule has 0 saturated heterocycles. The van der Waals surface area contributed by atoms with Gasteiger partial charge in [-0.1, -0.05) is 83.9 Å². The number of nitrogens with zero attached hydrogens (tertiary/aromatic N) is 2. The molecule has 1 aliphatic rings. The number of nitrogens with two attached hydrogens (primary N) is 2. The molecular weight excluding hydrogens is 559 g/mol. The number of halogens is 2. The molecule has 0 spiro atoms. The van der Waals surface area contributed by atoms with Crippen LogP contribution in [0, 0.1) is 0 Å². The van der Waals surface area contributed by atoms with Gasteiger partial charge in [0.15, 0.2) is 5.96 Å². The van der Waals surface area contributed by atoms with Crippen LogP contribution in [0.2, 0.25) is 10.0 Å². The van der Waals surface area contributed by atoms with Crippen LogP contribution in [0.1, 0.15) is 40.2 Å². The van der Waals surface area contributed by atoms with Gasteiger partial charge in [-0.15, -0.1) is 0 Å². The van der Waals surface area contributed by atoms with Crippen LogP contribution in [0.5, 0.6) is 0 Å².